The summed E-state index contributed by atoms with van der Waals surface area (Å²) in [7, 11) is 0. The standard InChI is InChI=1S/C8H18N2/c1-7(2)5-8-6-9-3-4-10-8/h7-10H,3-6H2,1-2H3. The largest absolute Gasteiger partial charge is 0.314 e. The van der Waals surface area contributed by atoms with E-state index in [9.17, 15) is 0 Å². The molecule has 60 valence electrons. The topological polar surface area (TPSA) is 24.1 Å². The molecule has 2 N–H and O–H groups in total. The third kappa shape index (κ3) is 2.67. The molecule has 1 aliphatic rings. The second-order valence-electron chi connectivity index (χ2n) is 3.48. The van der Waals surface area contributed by atoms with Crippen molar-refractivity contribution in [1.29, 1.82) is 0 Å². The Hall–Kier alpha value is -0.0800. The summed E-state index contributed by atoms with van der Waals surface area (Å²) in [5, 5.41) is 6.87. The average Bonchev–Trinajstić information content (AvgIpc) is 1.88. The van der Waals surface area contributed by atoms with Gasteiger partial charge in [-0.25, -0.2) is 0 Å². The van der Waals surface area contributed by atoms with Gasteiger partial charge in [0.1, 0.15) is 0 Å². The molecule has 1 rings (SSSR count). The van der Waals surface area contributed by atoms with E-state index in [0.29, 0.717) is 6.04 Å². The Kier molecular flexibility index (Phi) is 3.16. The normalized spacial score (nSPS) is 27.3. The Morgan fingerprint density at radius 3 is 2.70 bits per heavy atom. The molecule has 0 aromatic rings. The van der Waals surface area contributed by atoms with Crippen LogP contribution in [0.15, 0.2) is 0 Å². The van der Waals surface area contributed by atoms with Gasteiger partial charge in [-0.05, 0) is 12.3 Å². The molecular weight excluding hydrogens is 124 g/mol. The van der Waals surface area contributed by atoms with Crippen molar-refractivity contribution in [3.8, 4) is 0 Å². The molecule has 0 aliphatic carbocycles. The van der Waals surface area contributed by atoms with Gasteiger partial charge < -0.3 is 10.6 Å². The molecule has 10 heavy (non-hydrogen) atoms. The fourth-order valence-electron chi connectivity index (χ4n) is 1.45. The first-order chi connectivity index (χ1) is 4.79. The Balaban J connectivity index is 2.13. The lowest BCUT2D eigenvalue weighted by atomic mass is 10.0. The molecule has 2 nitrogen and oxygen atoms in total. The van der Waals surface area contributed by atoms with Crippen LogP contribution in [-0.4, -0.2) is 25.7 Å². The molecule has 1 atom stereocenters. The minimum Gasteiger partial charge on any atom is -0.314 e. The van der Waals surface area contributed by atoms with Crippen molar-refractivity contribution < 1.29 is 0 Å². The van der Waals surface area contributed by atoms with Crippen molar-refractivity contribution in [3.63, 3.8) is 0 Å². The zero-order valence-electron chi connectivity index (χ0n) is 6.98. The van der Waals surface area contributed by atoms with E-state index in [2.05, 4.69) is 24.5 Å². The van der Waals surface area contributed by atoms with E-state index in [1.807, 2.05) is 0 Å². The van der Waals surface area contributed by atoms with Crippen molar-refractivity contribution in [2.75, 3.05) is 19.6 Å². The first-order valence-electron chi connectivity index (χ1n) is 4.23. The smallest absolute Gasteiger partial charge is 0.0195 e. The summed E-state index contributed by atoms with van der Waals surface area (Å²) in [5.74, 6) is 0.817. The number of piperazine rings is 1. The lowest BCUT2D eigenvalue weighted by Gasteiger charge is -2.25. The summed E-state index contributed by atoms with van der Waals surface area (Å²) in [6, 6.07) is 0.716. The molecule has 0 spiro atoms. The van der Waals surface area contributed by atoms with Gasteiger partial charge in [0, 0.05) is 25.7 Å². The van der Waals surface area contributed by atoms with Crippen molar-refractivity contribution in [2.24, 2.45) is 5.92 Å². The van der Waals surface area contributed by atoms with Crippen LogP contribution in [0.4, 0.5) is 0 Å². The predicted octanol–water partition coefficient (Wildman–Crippen LogP) is 0.594. The highest BCUT2D eigenvalue weighted by molar-refractivity contribution is 4.75. The minimum atomic E-state index is 0.716. The second kappa shape index (κ2) is 3.94. The lowest BCUT2D eigenvalue weighted by molar-refractivity contribution is 0.362. The Morgan fingerprint density at radius 2 is 2.20 bits per heavy atom. The van der Waals surface area contributed by atoms with E-state index in [4.69, 9.17) is 0 Å². The van der Waals surface area contributed by atoms with E-state index in [0.717, 1.165) is 25.6 Å². The molecule has 1 heterocycles. The number of hydrogen-bond acceptors (Lipinski definition) is 2. The van der Waals surface area contributed by atoms with Gasteiger partial charge in [0.2, 0.25) is 0 Å². The fraction of sp³-hybridized carbons (Fsp3) is 1.00. The first kappa shape index (κ1) is 8.02. The molecule has 0 saturated carbocycles. The summed E-state index contributed by atoms with van der Waals surface area (Å²) in [6.45, 7) is 7.97. The maximum Gasteiger partial charge on any atom is 0.0195 e. The maximum absolute atomic E-state index is 3.49. The molecule has 1 aliphatic heterocycles. The molecule has 0 amide bonds. The van der Waals surface area contributed by atoms with Gasteiger partial charge in [-0.1, -0.05) is 13.8 Å². The van der Waals surface area contributed by atoms with Gasteiger partial charge in [0.05, 0.1) is 0 Å². The lowest BCUT2D eigenvalue weighted by Crippen LogP contribution is -2.48. The summed E-state index contributed by atoms with van der Waals surface area (Å²) in [6.07, 6.45) is 1.30. The Labute approximate surface area is 63.4 Å². The highest BCUT2D eigenvalue weighted by Gasteiger charge is 2.12. The molecular formula is C8H18N2. The molecule has 0 bridgehead atoms. The van der Waals surface area contributed by atoms with Gasteiger partial charge in [-0.15, -0.1) is 0 Å². The number of rotatable bonds is 2. The molecule has 0 aromatic heterocycles. The van der Waals surface area contributed by atoms with Gasteiger partial charge in [0.15, 0.2) is 0 Å². The van der Waals surface area contributed by atoms with E-state index < -0.39 is 0 Å². The Bertz CT molecular complexity index is 85.3. The zero-order chi connectivity index (χ0) is 7.40. The first-order valence-corrected chi connectivity index (χ1v) is 4.23. The highest BCUT2D eigenvalue weighted by atomic mass is 15.0. The molecule has 1 fully saturated rings. The van der Waals surface area contributed by atoms with Crippen LogP contribution in [0.1, 0.15) is 20.3 Å². The highest BCUT2D eigenvalue weighted by Crippen LogP contribution is 2.04. The SMILES string of the molecule is CC(C)CC1CNCCN1. The van der Waals surface area contributed by atoms with Gasteiger partial charge >= 0.3 is 0 Å². The van der Waals surface area contributed by atoms with E-state index >= 15 is 0 Å². The van der Waals surface area contributed by atoms with Crippen LogP contribution >= 0.6 is 0 Å². The second-order valence-corrected chi connectivity index (χ2v) is 3.48. The van der Waals surface area contributed by atoms with E-state index in [1.165, 1.54) is 6.42 Å². The quantitative estimate of drug-likeness (QED) is 0.590. The van der Waals surface area contributed by atoms with Crippen molar-refractivity contribution in [3.05, 3.63) is 0 Å². The molecule has 0 radical (unpaired) electrons. The third-order valence-corrected chi connectivity index (χ3v) is 1.88. The summed E-state index contributed by atoms with van der Waals surface area (Å²) < 4.78 is 0. The van der Waals surface area contributed by atoms with Crippen LogP contribution < -0.4 is 10.6 Å². The zero-order valence-corrected chi connectivity index (χ0v) is 6.98. The molecule has 1 saturated heterocycles. The fourth-order valence-corrected chi connectivity index (χ4v) is 1.45. The average molecular weight is 142 g/mol. The van der Waals surface area contributed by atoms with Crippen molar-refractivity contribution >= 4 is 0 Å². The predicted molar refractivity (Wildman–Crippen MR) is 44.1 cm³/mol. The maximum atomic E-state index is 3.49. The molecule has 2 heteroatoms. The number of hydrogen-bond donors (Lipinski definition) is 2. The van der Waals surface area contributed by atoms with Crippen LogP contribution in [0, 0.1) is 5.92 Å². The van der Waals surface area contributed by atoms with E-state index in [-0.39, 0.29) is 0 Å². The molecule has 1 unspecified atom stereocenters. The third-order valence-electron chi connectivity index (χ3n) is 1.88. The van der Waals surface area contributed by atoms with Crippen LogP contribution in [0.3, 0.4) is 0 Å². The Morgan fingerprint density at radius 1 is 1.40 bits per heavy atom. The van der Waals surface area contributed by atoms with Crippen molar-refractivity contribution in [1.82, 2.24) is 10.6 Å². The van der Waals surface area contributed by atoms with Gasteiger partial charge in [-0.2, -0.15) is 0 Å². The van der Waals surface area contributed by atoms with Crippen LogP contribution in [0.2, 0.25) is 0 Å². The van der Waals surface area contributed by atoms with Gasteiger partial charge in [0.25, 0.3) is 0 Å². The summed E-state index contributed by atoms with van der Waals surface area (Å²) in [4.78, 5) is 0. The summed E-state index contributed by atoms with van der Waals surface area (Å²) >= 11 is 0. The van der Waals surface area contributed by atoms with Crippen molar-refractivity contribution in [2.45, 2.75) is 26.3 Å². The summed E-state index contributed by atoms with van der Waals surface area (Å²) in [5.41, 5.74) is 0. The minimum absolute atomic E-state index is 0.716. The van der Waals surface area contributed by atoms with Gasteiger partial charge in [-0.3, -0.25) is 0 Å². The monoisotopic (exact) mass is 142 g/mol. The van der Waals surface area contributed by atoms with Crippen LogP contribution in [0.5, 0.6) is 0 Å². The van der Waals surface area contributed by atoms with Crippen LogP contribution in [-0.2, 0) is 0 Å². The number of nitrogens with one attached hydrogen (secondary N) is 2. The molecule has 0 aromatic carbocycles. The van der Waals surface area contributed by atoms with Crippen LogP contribution in [0.25, 0.3) is 0 Å². The van der Waals surface area contributed by atoms with E-state index in [1.54, 1.807) is 0 Å².